The first-order valence-corrected chi connectivity index (χ1v) is 8.74. The van der Waals surface area contributed by atoms with Crippen LogP contribution in [-0.4, -0.2) is 39.2 Å². The van der Waals surface area contributed by atoms with Gasteiger partial charge in [0.1, 0.15) is 5.75 Å². The van der Waals surface area contributed by atoms with Crippen molar-refractivity contribution in [1.29, 1.82) is 0 Å². The van der Waals surface area contributed by atoms with E-state index in [0.717, 1.165) is 43.3 Å². The van der Waals surface area contributed by atoms with Gasteiger partial charge in [0.15, 0.2) is 0 Å². The van der Waals surface area contributed by atoms with Gasteiger partial charge in [-0.25, -0.2) is 0 Å². The number of carbonyl (C=O) groups excluding carboxylic acids is 1. The zero-order chi connectivity index (χ0) is 17.6. The molecule has 1 aliphatic rings. The largest absolute Gasteiger partial charge is 0.495 e. The summed E-state index contributed by atoms with van der Waals surface area (Å²) >= 11 is 0. The van der Waals surface area contributed by atoms with Crippen molar-refractivity contribution >= 4 is 23.0 Å². The second-order valence-corrected chi connectivity index (χ2v) is 6.09. The number of para-hydroxylation sites is 2. The summed E-state index contributed by atoms with van der Waals surface area (Å²) < 4.78 is 5.47. The molecule has 0 bridgehead atoms. The third-order valence-electron chi connectivity index (χ3n) is 4.54. The van der Waals surface area contributed by atoms with E-state index in [-0.39, 0.29) is 5.91 Å². The number of methoxy groups -OCH3 is 1. The number of ether oxygens (including phenoxy) is 1. The van der Waals surface area contributed by atoms with Crippen molar-refractivity contribution in [2.24, 2.45) is 0 Å². The van der Waals surface area contributed by atoms with Crippen molar-refractivity contribution < 1.29 is 9.53 Å². The molecule has 3 rings (SSSR count). The molecule has 1 amide bonds. The molecule has 0 spiro atoms. The van der Waals surface area contributed by atoms with Crippen LogP contribution in [0.4, 0.5) is 17.1 Å². The summed E-state index contributed by atoms with van der Waals surface area (Å²) in [6.45, 7) is 5.67. The molecule has 1 N–H and O–H groups in total. The topological polar surface area (TPSA) is 44.8 Å². The molecule has 0 aliphatic carbocycles. The first-order chi connectivity index (χ1) is 12.2. The Kier molecular flexibility index (Phi) is 5.43. The molecule has 0 radical (unpaired) electrons. The highest BCUT2D eigenvalue weighted by atomic mass is 16.5. The summed E-state index contributed by atoms with van der Waals surface area (Å²) in [5.74, 6) is 0.963. The zero-order valence-electron chi connectivity index (χ0n) is 14.9. The summed E-state index contributed by atoms with van der Waals surface area (Å²) in [7, 11) is 1.72. The van der Waals surface area contributed by atoms with Crippen LogP contribution in [0.2, 0.25) is 0 Å². The number of benzene rings is 2. The summed E-state index contributed by atoms with van der Waals surface area (Å²) in [5, 5.41) is 2.88. The molecule has 5 heteroatoms. The molecule has 1 aliphatic heterocycles. The van der Waals surface area contributed by atoms with Crippen LogP contribution in [0.3, 0.4) is 0 Å². The highest BCUT2D eigenvalue weighted by Crippen LogP contribution is 2.29. The van der Waals surface area contributed by atoms with E-state index in [0.29, 0.717) is 6.42 Å². The molecule has 0 saturated carbocycles. The molecule has 2 aromatic rings. The monoisotopic (exact) mass is 339 g/mol. The number of anilines is 3. The first kappa shape index (κ1) is 17.1. The number of carbonyl (C=O) groups is 1. The number of piperazine rings is 1. The van der Waals surface area contributed by atoms with Gasteiger partial charge in [0, 0.05) is 44.0 Å². The van der Waals surface area contributed by atoms with Gasteiger partial charge >= 0.3 is 0 Å². The van der Waals surface area contributed by atoms with E-state index in [4.69, 9.17) is 4.74 Å². The van der Waals surface area contributed by atoms with Crippen molar-refractivity contribution in [3.63, 3.8) is 0 Å². The molecular formula is C20H25N3O2. The van der Waals surface area contributed by atoms with Gasteiger partial charge in [-0.1, -0.05) is 19.1 Å². The average Bonchev–Trinajstić information content (AvgIpc) is 2.68. The van der Waals surface area contributed by atoms with E-state index in [2.05, 4.69) is 33.3 Å². The number of hydrogen-bond donors (Lipinski definition) is 1. The Morgan fingerprint density at radius 1 is 1.00 bits per heavy atom. The number of hydrogen-bond acceptors (Lipinski definition) is 4. The van der Waals surface area contributed by atoms with Crippen molar-refractivity contribution in [3.8, 4) is 5.75 Å². The highest BCUT2D eigenvalue weighted by Gasteiger charge is 2.19. The van der Waals surface area contributed by atoms with Crippen molar-refractivity contribution in [2.45, 2.75) is 13.3 Å². The van der Waals surface area contributed by atoms with E-state index >= 15 is 0 Å². The third kappa shape index (κ3) is 4.05. The van der Waals surface area contributed by atoms with Crippen LogP contribution in [0.5, 0.6) is 5.75 Å². The molecule has 0 unspecified atom stereocenters. The fourth-order valence-electron chi connectivity index (χ4n) is 3.10. The van der Waals surface area contributed by atoms with Gasteiger partial charge in [0.05, 0.1) is 12.8 Å². The Balaban J connectivity index is 1.61. The fraction of sp³-hybridized carbons (Fsp3) is 0.350. The summed E-state index contributed by atoms with van der Waals surface area (Å²) in [5.41, 5.74) is 3.19. The predicted molar refractivity (Wildman–Crippen MR) is 103 cm³/mol. The van der Waals surface area contributed by atoms with Crippen LogP contribution >= 0.6 is 0 Å². The Morgan fingerprint density at radius 3 is 2.28 bits per heavy atom. The fourth-order valence-corrected chi connectivity index (χ4v) is 3.10. The normalized spacial score (nSPS) is 14.3. The minimum Gasteiger partial charge on any atom is -0.495 e. The van der Waals surface area contributed by atoms with Crippen molar-refractivity contribution in [2.75, 3.05) is 48.4 Å². The van der Waals surface area contributed by atoms with Crippen LogP contribution in [0, 0.1) is 0 Å². The Labute approximate surface area is 149 Å². The summed E-state index contributed by atoms with van der Waals surface area (Å²) in [6.07, 6.45) is 0.493. The Hall–Kier alpha value is -2.69. The van der Waals surface area contributed by atoms with E-state index < -0.39 is 0 Å². The number of nitrogens with zero attached hydrogens (tertiary/aromatic N) is 2. The maximum atomic E-state index is 11.5. The molecule has 132 valence electrons. The quantitative estimate of drug-likeness (QED) is 0.907. The van der Waals surface area contributed by atoms with Crippen molar-refractivity contribution in [1.82, 2.24) is 0 Å². The standard InChI is InChI=1S/C20H25N3O2/c1-3-20(24)21-16-8-10-17(11-9-16)22-12-14-23(15-13-22)18-6-4-5-7-19(18)25-2/h4-11H,3,12-15H2,1-2H3,(H,21,24). The predicted octanol–water partition coefficient (Wildman–Crippen LogP) is 3.37. The molecular weight excluding hydrogens is 314 g/mol. The van der Waals surface area contributed by atoms with Gasteiger partial charge in [-0.2, -0.15) is 0 Å². The van der Waals surface area contributed by atoms with Gasteiger partial charge in [-0.3, -0.25) is 4.79 Å². The average molecular weight is 339 g/mol. The molecule has 1 fully saturated rings. The SMILES string of the molecule is CCC(=O)Nc1ccc(N2CCN(c3ccccc3OC)CC2)cc1. The van der Waals surface area contributed by atoms with Gasteiger partial charge in [-0.05, 0) is 36.4 Å². The number of nitrogens with one attached hydrogen (secondary N) is 1. The Morgan fingerprint density at radius 2 is 1.64 bits per heavy atom. The van der Waals surface area contributed by atoms with Gasteiger partial charge in [-0.15, -0.1) is 0 Å². The lowest BCUT2D eigenvalue weighted by Crippen LogP contribution is -2.46. The van der Waals surface area contributed by atoms with Crippen LogP contribution in [0.1, 0.15) is 13.3 Å². The van der Waals surface area contributed by atoms with E-state index in [1.54, 1.807) is 7.11 Å². The number of amides is 1. The lowest BCUT2D eigenvalue weighted by molar-refractivity contribution is -0.115. The van der Waals surface area contributed by atoms with Gasteiger partial charge < -0.3 is 19.9 Å². The summed E-state index contributed by atoms with van der Waals surface area (Å²) in [6, 6.07) is 16.2. The second-order valence-electron chi connectivity index (χ2n) is 6.09. The lowest BCUT2D eigenvalue weighted by atomic mass is 10.2. The molecule has 0 aromatic heterocycles. The van der Waals surface area contributed by atoms with Crippen LogP contribution < -0.4 is 19.9 Å². The third-order valence-corrected chi connectivity index (χ3v) is 4.54. The lowest BCUT2D eigenvalue weighted by Gasteiger charge is -2.37. The maximum absolute atomic E-state index is 11.5. The number of rotatable bonds is 5. The van der Waals surface area contributed by atoms with Gasteiger partial charge in [0.25, 0.3) is 0 Å². The minimum atomic E-state index is 0.0400. The smallest absolute Gasteiger partial charge is 0.224 e. The van der Waals surface area contributed by atoms with E-state index in [1.165, 1.54) is 5.69 Å². The zero-order valence-corrected chi connectivity index (χ0v) is 14.9. The second kappa shape index (κ2) is 7.92. The van der Waals surface area contributed by atoms with E-state index in [9.17, 15) is 4.79 Å². The van der Waals surface area contributed by atoms with Crippen LogP contribution in [0.25, 0.3) is 0 Å². The van der Waals surface area contributed by atoms with Gasteiger partial charge in [0.2, 0.25) is 5.91 Å². The van der Waals surface area contributed by atoms with Crippen LogP contribution in [-0.2, 0) is 4.79 Å². The highest BCUT2D eigenvalue weighted by molar-refractivity contribution is 5.90. The molecule has 5 nitrogen and oxygen atoms in total. The first-order valence-electron chi connectivity index (χ1n) is 8.74. The maximum Gasteiger partial charge on any atom is 0.224 e. The molecule has 1 saturated heterocycles. The molecule has 1 heterocycles. The summed E-state index contributed by atoms with van der Waals surface area (Å²) in [4.78, 5) is 16.2. The van der Waals surface area contributed by atoms with Crippen LogP contribution in [0.15, 0.2) is 48.5 Å². The van der Waals surface area contributed by atoms with E-state index in [1.807, 2.05) is 37.3 Å². The molecule has 0 atom stereocenters. The molecule has 2 aromatic carbocycles. The van der Waals surface area contributed by atoms with Crippen molar-refractivity contribution in [3.05, 3.63) is 48.5 Å². The Bertz CT molecular complexity index is 707. The minimum absolute atomic E-state index is 0.0400. The molecule has 25 heavy (non-hydrogen) atoms.